The third-order valence-corrected chi connectivity index (χ3v) is 1.88. The van der Waals surface area contributed by atoms with Gasteiger partial charge < -0.3 is 5.32 Å². The molecule has 0 aromatic heterocycles. The normalized spacial score (nSPS) is 9.87. The lowest BCUT2D eigenvalue weighted by Gasteiger charge is -2.09. The van der Waals surface area contributed by atoms with Crippen LogP contribution in [0.15, 0.2) is 0 Å². The molecule has 80 valence electrons. The molecule has 0 saturated carbocycles. The molecule has 0 aliphatic rings. The molecule has 1 aromatic rings. The van der Waals surface area contributed by atoms with Crippen molar-refractivity contribution in [3.63, 3.8) is 0 Å². The van der Waals surface area contributed by atoms with Gasteiger partial charge in [-0.3, -0.25) is 0 Å². The average Bonchev–Trinajstić information content (AvgIpc) is 2.23. The second-order valence-electron chi connectivity index (χ2n) is 2.74. The first kappa shape index (κ1) is 11.4. The van der Waals surface area contributed by atoms with Crippen molar-refractivity contribution in [3.8, 4) is 12.3 Å². The van der Waals surface area contributed by atoms with Gasteiger partial charge >= 0.3 is 0 Å². The van der Waals surface area contributed by atoms with Crippen LogP contribution in [0.1, 0.15) is 5.56 Å². The molecule has 0 heterocycles. The average molecular weight is 217 g/mol. The number of rotatable bonds is 2. The number of terminal acetylenes is 1. The molecule has 0 spiro atoms. The summed E-state index contributed by atoms with van der Waals surface area (Å²) in [7, 11) is 1.15. The Labute approximate surface area is 84.1 Å². The number of benzene rings is 1. The van der Waals surface area contributed by atoms with Gasteiger partial charge in [-0.25, -0.2) is 17.6 Å². The lowest BCUT2D eigenvalue weighted by molar-refractivity contribution is 0.447. The van der Waals surface area contributed by atoms with Gasteiger partial charge in [0, 0.05) is 19.0 Å². The molecule has 0 atom stereocenters. The number of anilines is 1. The van der Waals surface area contributed by atoms with Gasteiger partial charge in [-0.05, 0) is 0 Å². The molecule has 1 nitrogen and oxygen atoms in total. The summed E-state index contributed by atoms with van der Waals surface area (Å²) in [6.45, 7) is 0. The summed E-state index contributed by atoms with van der Waals surface area (Å²) in [5, 5.41) is 2.03. The monoisotopic (exact) mass is 217 g/mol. The van der Waals surface area contributed by atoms with E-state index in [1.165, 1.54) is 0 Å². The highest BCUT2D eigenvalue weighted by atomic mass is 19.2. The number of halogens is 4. The van der Waals surface area contributed by atoms with E-state index in [2.05, 4.69) is 0 Å². The van der Waals surface area contributed by atoms with Crippen molar-refractivity contribution in [1.29, 1.82) is 0 Å². The molecule has 0 aliphatic carbocycles. The smallest absolute Gasteiger partial charge is 0.185 e. The van der Waals surface area contributed by atoms with E-state index in [9.17, 15) is 17.6 Å². The van der Waals surface area contributed by atoms with E-state index in [-0.39, 0.29) is 0 Å². The SMILES string of the molecule is C#CCc1c(F)c(F)c(NC)c(F)c1F. The maximum Gasteiger partial charge on any atom is 0.185 e. The first-order chi connectivity index (χ1) is 7.04. The molecule has 0 bridgehead atoms. The van der Waals surface area contributed by atoms with Crippen molar-refractivity contribution in [2.45, 2.75) is 6.42 Å². The molecule has 0 aliphatic heterocycles. The Morgan fingerprint density at radius 1 is 1.07 bits per heavy atom. The highest BCUT2D eigenvalue weighted by Gasteiger charge is 2.23. The summed E-state index contributed by atoms with van der Waals surface area (Å²) in [4.78, 5) is 0. The van der Waals surface area contributed by atoms with Crippen LogP contribution in [0, 0.1) is 35.6 Å². The summed E-state index contributed by atoms with van der Waals surface area (Å²) in [5.41, 5.74) is -1.61. The minimum Gasteiger partial charge on any atom is -0.383 e. The fraction of sp³-hybridized carbons (Fsp3) is 0.200. The third kappa shape index (κ3) is 1.75. The summed E-state index contributed by atoms with van der Waals surface area (Å²) in [5.74, 6) is -3.94. The molecule has 0 saturated heterocycles. The second kappa shape index (κ2) is 4.22. The molecule has 15 heavy (non-hydrogen) atoms. The highest BCUT2D eigenvalue weighted by molar-refractivity contribution is 5.49. The molecule has 0 unspecified atom stereocenters. The molecule has 1 rings (SSSR count). The van der Waals surface area contributed by atoms with Crippen LogP contribution in [0.4, 0.5) is 23.2 Å². The van der Waals surface area contributed by atoms with E-state index in [0.717, 1.165) is 7.05 Å². The zero-order valence-electron chi connectivity index (χ0n) is 7.80. The van der Waals surface area contributed by atoms with E-state index in [1.54, 1.807) is 0 Å². The molecule has 0 radical (unpaired) electrons. The van der Waals surface area contributed by atoms with Gasteiger partial charge in [-0.2, -0.15) is 0 Å². The van der Waals surface area contributed by atoms with Crippen molar-refractivity contribution in [2.24, 2.45) is 0 Å². The lowest BCUT2D eigenvalue weighted by Crippen LogP contribution is -2.07. The van der Waals surface area contributed by atoms with Gasteiger partial charge in [0.2, 0.25) is 0 Å². The fourth-order valence-corrected chi connectivity index (χ4v) is 1.15. The Morgan fingerprint density at radius 2 is 1.53 bits per heavy atom. The number of hydrogen-bond acceptors (Lipinski definition) is 1. The van der Waals surface area contributed by atoms with Crippen molar-refractivity contribution >= 4 is 5.69 Å². The first-order valence-corrected chi connectivity index (χ1v) is 4.00. The lowest BCUT2D eigenvalue weighted by atomic mass is 10.1. The van der Waals surface area contributed by atoms with E-state index in [1.807, 2.05) is 11.2 Å². The minimum atomic E-state index is -1.47. The zero-order valence-corrected chi connectivity index (χ0v) is 7.80. The van der Waals surface area contributed by atoms with Crippen LogP contribution in [0.3, 0.4) is 0 Å². The summed E-state index contributed by atoms with van der Waals surface area (Å²) < 4.78 is 52.5. The Balaban J connectivity index is 3.53. The first-order valence-electron chi connectivity index (χ1n) is 4.00. The Bertz CT molecular complexity index is 405. The van der Waals surface area contributed by atoms with Crippen LogP contribution in [0.2, 0.25) is 0 Å². The quantitative estimate of drug-likeness (QED) is 0.456. The van der Waals surface area contributed by atoms with Gasteiger partial charge in [-0.15, -0.1) is 12.3 Å². The van der Waals surface area contributed by atoms with Gasteiger partial charge in [0.05, 0.1) is 0 Å². The molecule has 1 aromatic carbocycles. The maximum absolute atomic E-state index is 13.2. The van der Waals surface area contributed by atoms with Gasteiger partial charge in [-0.1, -0.05) is 0 Å². The van der Waals surface area contributed by atoms with Crippen molar-refractivity contribution in [2.75, 3.05) is 12.4 Å². The predicted octanol–water partition coefficient (Wildman–Crippen LogP) is 2.46. The van der Waals surface area contributed by atoms with Crippen LogP contribution in [0.25, 0.3) is 0 Å². The standard InChI is InChI=1S/C10H7F4N/c1-3-4-5-6(11)8(13)10(15-2)9(14)7(5)12/h1,15H,4H2,2H3. The van der Waals surface area contributed by atoms with Gasteiger partial charge in [0.15, 0.2) is 23.3 Å². The molecule has 0 fully saturated rings. The Kier molecular flexibility index (Phi) is 3.20. The number of nitrogens with one attached hydrogen (secondary N) is 1. The Morgan fingerprint density at radius 3 is 1.87 bits per heavy atom. The van der Waals surface area contributed by atoms with E-state index in [4.69, 9.17) is 6.42 Å². The van der Waals surface area contributed by atoms with Crippen LogP contribution in [0.5, 0.6) is 0 Å². The topological polar surface area (TPSA) is 12.0 Å². The minimum absolute atomic E-state index is 0.504. The summed E-state index contributed by atoms with van der Waals surface area (Å²) in [6, 6.07) is 0. The van der Waals surface area contributed by atoms with Crippen LogP contribution < -0.4 is 5.32 Å². The summed E-state index contributed by atoms with van der Waals surface area (Å²) in [6.07, 6.45) is 4.32. The maximum atomic E-state index is 13.2. The molecular formula is C10H7F4N. The van der Waals surface area contributed by atoms with E-state index < -0.39 is 40.9 Å². The van der Waals surface area contributed by atoms with Crippen molar-refractivity contribution < 1.29 is 17.6 Å². The Hall–Kier alpha value is -1.70. The van der Waals surface area contributed by atoms with Gasteiger partial charge in [0.1, 0.15) is 5.69 Å². The molecule has 1 N–H and O–H groups in total. The zero-order chi connectivity index (χ0) is 11.6. The molecule has 0 amide bonds. The van der Waals surface area contributed by atoms with Crippen LogP contribution in [-0.2, 0) is 6.42 Å². The van der Waals surface area contributed by atoms with Gasteiger partial charge in [0.25, 0.3) is 0 Å². The fourth-order valence-electron chi connectivity index (χ4n) is 1.15. The molecule has 5 heteroatoms. The van der Waals surface area contributed by atoms with E-state index in [0.29, 0.717) is 0 Å². The largest absolute Gasteiger partial charge is 0.383 e. The second-order valence-corrected chi connectivity index (χ2v) is 2.74. The van der Waals surface area contributed by atoms with Crippen molar-refractivity contribution in [1.82, 2.24) is 0 Å². The highest BCUT2D eigenvalue weighted by Crippen LogP contribution is 2.27. The predicted molar refractivity (Wildman–Crippen MR) is 48.4 cm³/mol. The summed E-state index contributed by atoms with van der Waals surface area (Å²) >= 11 is 0. The van der Waals surface area contributed by atoms with E-state index >= 15 is 0 Å². The third-order valence-electron chi connectivity index (χ3n) is 1.88. The molecular weight excluding hydrogens is 210 g/mol. The number of hydrogen-bond donors (Lipinski definition) is 1. The van der Waals surface area contributed by atoms with Crippen LogP contribution in [-0.4, -0.2) is 7.05 Å². The van der Waals surface area contributed by atoms with Crippen LogP contribution >= 0.6 is 0 Å². The van der Waals surface area contributed by atoms with Crippen molar-refractivity contribution in [3.05, 3.63) is 28.8 Å².